The molecule has 1 atom stereocenters. The standard InChI is InChI=1S/C20H39F3O3/c1-8-9-10-11-12-13-14-18(19(21,22)23)20(24-15(2)3,25-16(4)5)26-17(6)7/h15-18H,8-14H2,1-7H3. The van der Waals surface area contributed by atoms with E-state index in [-0.39, 0.29) is 6.42 Å². The second-order valence-electron chi connectivity index (χ2n) is 7.75. The summed E-state index contributed by atoms with van der Waals surface area (Å²) in [5.74, 6) is -3.94. The maximum absolute atomic E-state index is 14.0. The van der Waals surface area contributed by atoms with E-state index < -0.39 is 36.4 Å². The van der Waals surface area contributed by atoms with Crippen LogP contribution in [0.15, 0.2) is 0 Å². The fraction of sp³-hybridized carbons (Fsp3) is 1.00. The number of unbranched alkanes of at least 4 members (excludes halogenated alkanes) is 5. The molecule has 0 aromatic rings. The van der Waals surface area contributed by atoms with Gasteiger partial charge in [0.15, 0.2) is 0 Å². The molecule has 0 saturated carbocycles. The lowest BCUT2D eigenvalue weighted by molar-refractivity contribution is -0.459. The van der Waals surface area contributed by atoms with Crippen LogP contribution >= 0.6 is 0 Å². The van der Waals surface area contributed by atoms with Crippen molar-refractivity contribution in [2.45, 2.75) is 124 Å². The van der Waals surface area contributed by atoms with Crippen LogP contribution in [-0.2, 0) is 14.2 Å². The van der Waals surface area contributed by atoms with Gasteiger partial charge in [-0.2, -0.15) is 13.2 Å². The van der Waals surface area contributed by atoms with Crippen LogP contribution in [0.4, 0.5) is 13.2 Å². The normalized spacial score (nSPS) is 14.7. The molecule has 1 unspecified atom stereocenters. The van der Waals surface area contributed by atoms with Crippen LogP contribution < -0.4 is 0 Å². The van der Waals surface area contributed by atoms with Crippen molar-refractivity contribution in [1.82, 2.24) is 0 Å². The van der Waals surface area contributed by atoms with Gasteiger partial charge in [-0.25, -0.2) is 0 Å². The van der Waals surface area contributed by atoms with Crippen LogP contribution in [0, 0.1) is 5.92 Å². The molecular formula is C20H39F3O3. The van der Waals surface area contributed by atoms with Gasteiger partial charge >= 0.3 is 6.18 Å². The first kappa shape index (κ1) is 25.7. The fourth-order valence-corrected chi connectivity index (χ4v) is 2.99. The van der Waals surface area contributed by atoms with Gasteiger partial charge in [-0.15, -0.1) is 0 Å². The number of alkyl halides is 3. The Bertz CT molecular complexity index is 328. The van der Waals surface area contributed by atoms with E-state index in [1.807, 2.05) is 0 Å². The molecule has 0 bridgehead atoms. The fourth-order valence-electron chi connectivity index (χ4n) is 2.99. The van der Waals surface area contributed by atoms with E-state index in [9.17, 15) is 13.2 Å². The molecule has 0 radical (unpaired) electrons. The summed E-state index contributed by atoms with van der Waals surface area (Å²) in [7, 11) is 0. The molecular weight excluding hydrogens is 345 g/mol. The Morgan fingerprint density at radius 1 is 0.654 bits per heavy atom. The lowest BCUT2D eigenvalue weighted by atomic mass is 9.96. The van der Waals surface area contributed by atoms with Crippen molar-refractivity contribution < 1.29 is 27.4 Å². The minimum Gasteiger partial charge on any atom is -0.324 e. The summed E-state index contributed by atoms with van der Waals surface area (Å²) in [5, 5.41) is 0. The zero-order chi connectivity index (χ0) is 20.4. The first-order valence-corrected chi connectivity index (χ1v) is 10.0. The summed E-state index contributed by atoms with van der Waals surface area (Å²) in [6.45, 7) is 12.3. The number of hydrogen-bond donors (Lipinski definition) is 0. The second kappa shape index (κ2) is 12.2. The molecule has 3 nitrogen and oxygen atoms in total. The largest absolute Gasteiger partial charge is 0.399 e. The average molecular weight is 385 g/mol. The molecule has 0 aromatic carbocycles. The summed E-state index contributed by atoms with van der Waals surface area (Å²) in [6, 6.07) is 0. The summed E-state index contributed by atoms with van der Waals surface area (Å²) < 4.78 is 58.9. The number of hydrogen-bond acceptors (Lipinski definition) is 3. The van der Waals surface area contributed by atoms with E-state index in [1.165, 1.54) is 0 Å². The highest BCUT2D eigenvalue weighted by Crippen LogP contribution is 2.43. The van der Waals surface area contributed by atoms with Gasteiger partial charge in [0.05, 0.1) is 18.3 Å². The predicted octanol–water partition coefficient (Wildman–Crippen LogP) is 6.84. The Kier molecular flexibility index (Phi) is 12.0. The predicted molar refractivity (Wildman–Crippen MR) is 98.9 cm³/mol. The van der Waals surface area contributed by atoms with Crippen LogP contribution in [-0.4, -0.2) is 30.5 Å². The van der Waals surface area contributed by atoms with Crippen molar-refractivity contribution in [3.8, 4) is 0 Å². The Hall–Kier alpha value is -0.330. The maximum Gasteiger partial charge on any atom is 0.399 e. The van der Waals surface area contributed by atoms with E-state index in [2.05, 4.69) is 6.92 Å². The Labute approximate surface area is 158 Å². The highest BCUT2D eigenvalue weighted by atomic mass is 19.4. The molecule has 6 heteroatoms. The van der Waals surface area contributed by atoms with E-state index >= 15 is 0 Å². The Balaban J connectivity index is 5.41. The van der Waals surface area contributed by atoms with Crippen molar-refractivity contribution in [3.05, 3.63) is 0 Å². The molecule has 0 amide bonds. The molecule has 0 aliphatic heterocycles. The third-order valence-electron chi connectivity index (χ3n) is 3.87. The summed E-state index contributed by atoms with van der Waals surface area (Å²) in [4.78, 5) is 0. The Morgan fingerprint density at radius 2 is 1.04 bits per heavy atom. The molecule has 0 saturated heterocycles. The van der Waals surface area contributed by atoms with Crippen molar-refractivity contribution >= 4 is 0 Å². The molecule has 0 aliphatic carbocycles. The third kappa shape index (κ3) is 10.1. The molecule has 158 valence electrons. The van der Waals surface area contributed by atoms with Gasteiger partial charge in [-0.05, 0) is 48.0 Å². The maximum atomic E-state index is 14.0. The van der Waals surface area contributed by atoms with E-state index in [0.717, 1.165) is 32.1 Å². The quantitative estimate of drug-likeness (QED) is 0.242. The van der Waals surface area contributed by atoms with Crippen molar-refractivity contribution in [3.63, 3.8) is 0 Å². The van der Waals surface area contributed by atoms with Crippen molar-refractivity contribution in [2.24, 2.45) is 5.92 Å². The molecule has 0 N–H and O–H groups in total. The van der Waals surface area contributed by atoms with Gasteiger partial charge in [0, 0.05) is 0 Å². The van der Waals surface area contributed by atoms with Crippen LogP contribution in [0.25, 0.3) is 0 Å². The van der Waals surface area contributed by atoms with Gasteiger partial charge in [-0.3, -0.25) is 0 Å². The van der Waals surface area contributed by atoms with Gasteiger partial charge in [0.2, 0.25) is 0 Å². The smallest absolute Gasteiger partial charge is 0.324 e. The second-order valence-corrected chi connectivity index (χ2v) is 7.75. The summed E-state index contributed by atoms with van der Waals surface area (Å²) >= 11 is 0. The topological polar surface area (TPSA) is 27.7 Å². The third-order valence-corrected chi connectivity index (χ3v) is 3.87. The highest BCUT2D eigenvalue weighted by molar-refractivity contribution is 4.81. The summed E-state index contributed by atoms with van der Waals surface area (Å²) in [5.41, 5.74) is 0. The Morgan fingerprint density at radius 3 is 1.38 bits per heavy atom. The molecule has 26 heavy (non-hydrogen) atoms. The van der Waals surface area contributed by atoms with Gasteiger partial charge in [0.1, 0.15) is 5.92 Å². The van der Waals surface area contributed by atoms with Crippen LogP contribution in [0.5, 0.6) is 0 Å². The lowest BCUT2D eigenvalue weighted by Crippen LogP contribution is -2.55. The van der Waals surface area contributed by atoms with Gasteiger partial charge < -0.3 is 14.2 Å². The molecule has 0 heterocycles. The zero-order valence-electron chi connectivity index (χ0n) is 17.6. The summed E-state index contributed by atoms with van der Waals surface area (Å²) in [6.07, 6.45) is -0.418. The lowest BCUT2D eigenvalue weighted by Gasteiger charge is -2.43. The van der Waals surface area contributed by atoms with E-state index in [4.69, 9.17) is 14.2 Å². The zero-order valence-corrected chi connectivity index (χ0v) is 17.6. The monoisotopic (exact) mass is 384 g/mol. The molecule has 0 fully saturated rings. The minimum atomic E-state index is -4.47. The van der Waals surface area contributed by atoms with Crippen molar-refractivity contribution in [1.29, 1.82) is 0 Å². The molecule has 0 spiro atoms. The molecule has 0 aliphatic rings. The first-order chi connectivity index (χ1) is 11.9. The number of rotatable bonds is 14. The van der Waals surface area contributed by atoms with Crippen LogP contribution in [0.1, 0.15) is 93.4 Å². The SMILES string of the molecule is CCCCCCCCC(C(F)(F)F)C(OC(C)C)(OC(C)C)OC(C)C. The minimum absolute atomic E-state index is 0.0677. The average Bonchev–Trinajstić information content (AvgIpc) is 2.42. The van der Waals surface area contributed by atoms with Gasteiger partial charge in [-0.1, -0.05) is 45.4 Å². The number of ether oxygens (including phenoxy) is 3. The number of halogens is 3. The van der Waals surface area contributed by atoms with Crippen LogP contribution in [0.3, 0.4) is 0 Å². The molecule has 0 aromatic heterocycles. The van der Waals surface area contributed by atoms with Gasteiger partial charge in [0.25, 0.3) is 5.97 Å². The highest BCUT2D eigenvalue weighted by Gasteiger charge is 2.58. The molecule has 0 rings (SSSR count). The van der Waals surface area contributed by atoms with Crippen LogP contribution in [0.2, 0.25) is 0 Å². The van der Waals surface area contributed by atoms with E-state index in [1.54, 1.807) is 41.5 Å². The first-order valence-electron chi connectivity index (χ1n) is 10.0. The van der Waals surface area contributed by atoms with Crippen molar-refractivity contribution in [2.75, 3.05) is 0 Å². The van der Waals surface area contributed by atoms with E-state index in [0.29, 0.717) is 6.42 Å².